The Morgan fingerprint density at radius 1 is 1.07 bits per heavy atom. The van der Waals surface area contributed by atoms with E-state index in [1.54, 1.807) is 12.4 Å². The third-order valence-corrected chi connectivity index (χ3v) is 5.04. The molecule has 3 rings (SSSR count). The Morgan fingerprint density at radius 2 is 1.79 bits per heavy atom. The van der Waals surface area contributed by atoms with Crippen LogP contribution in [-0.2, 0) is 5.41 Å². The third-order valence-electron chi connectivity index (χ3n) is 5.04. The molecular weight excluding hydrogens is 348 g/mol. The maximum Gasteiger partial charge on any atom is 0.254 e. The maximum absolute atomic E-state index is 12.3. The number of allylic oxidation sites excluding steroid dienone is 1. The molecule has 2 aromatic rings. The minimum absolute atomic E-state index is 0.123. The second kappa shape index (κ2) is 9.00. The lowest BCUT2D eigenvalue weighted by Gasteiger charge is -2.19. The Morgan fingerprint density at radius 3 is 2.39 bits per heavy atom. The van der Waals surface area contributed by atoms with E-state index in [0.29, 0.717) is 18.1 Å². The number of carbonyl (C=O) groups excluding carboxylic acids is 1. The van der Waals surface area contributed by atoms with Gasteiger partial charge in [0.25, 0.3) is 5.91 Å². The molecule has 0 saturated carbocycles. The summed E-state index contributed by atoms with van der Waals surface area (Å²) in [6, 6.07) is 8.24. The van der Waals surface area contributed by atoms with Crippen LogP contribution >= 0.6 is 0 Å². The molecule has 28 heavy (non-hydrogen) atoms. The summed E-state index contributed by atoms with van der Waals surface area (Å²) >= 11 is 0. The van der Waals surface area contributed by atoms with Crippen LogP contribution in [0.15, 0.2) is 48.3 Å². The van der Waals surface area contributed by atoms with Gasteiger partial charge in [-0.05, 0) is 55.2 Å². The normalized spacial score (nSPS) is 14.3. The monoisotopic (exact) mass is 378 g/mol. The zero-order chi connectivity index (χ0) is 20.0. The number of nitrogens with one attached hydrogen (secondary N) is 2. The fourth-order valence-corrected chi connectivity index (χ4v) is 3.26. The van der Waals surface area contributed by atoms with Crippen molar-refractivity contribution in [1.82, 2.24) is 15.3 Å². The molecule has 1 aromatic heterocycles. The fraction of sp³-hybridized carbons (Fsp3) is 0.435. The molecule has 1 amide bonds. The lowest BCUT2D eigenvalue weighted by atomic mass is 9.87. The van der Waals surface area contributed by atoms with E-state index in [2.05, 4.69) is 59.6 Å². The number of aromatic nitrogens is 2. The van der Waals surface area contributed by atoms with E-state index in [4.69, 9.17) is 0 Å². The quantitative estimate of drug-likeness (QED) is 0.683. The first-order chi connectivity index (χ1) is 13.4. The third kappa shape index (κ3) is 5.65. The smallest absolute Gasteiger partial charge is 0.254 e. The van der Waals surface area contributed by atoms with Crippen LogP contribution in [0.3, 0.4) is 0 Å². The average molecular weight is 379 g/mol. The average Bonchev–Trinajstić information content (AvgIpc) is 2.69. The Balaban J connectivity index is 1.51. The van der Waals surface area contributed by atoms with Crippen molar-refractivity contribution in [2.24, 2.45) is 0 Å². The summed E-state index contributed by atoms with van der Waals surface area (Å²) in [6.45, 7) is 7.22. The van der Waals surface area contributed by atoms with Crippen molar-refractivity contribution in [3.8, 4) is 0 Å². The molecule has 5 nitrogen and oxygen atoms in total. The number of rotatable bonds is 6. The minimum Gasteiger partial charge on any atom is -0.352 e. The number of carbonyl (C=O) groups is 1. The molecule has 0 atom stereocenters. The molecule has 0 unspecified atom stereocenters. The number of anilines is 2. The Labute approximate surface area is 167 Å². The van der Waals surface area contributed by atoms with E-state index >= 15 is 0 Å². The molecule has 1 aliphatic rings. The van der Waals surface area contributed by atoms with E-state index in [-0.39, 0.29) is 11.3 Å². The number of amides is 1. The van der Waals surface area contributed by atoms with E-state index in [9.17, 15) is 4.79 Å². The van der Waals surface area contributed by atoms with Crippen LogP contribution in [-0.4, -0.2) is 22.4 Å². The van der Waals surface area contributed by atoms with Crippen LogP contribution in [0.5, 0.6) is 0 Å². The van der Waals surface area contributed by atoms with Gasteiger partial charge in [-0.3, -0.25) is 4.79 Å². The first kappa shape index (κ1) is 20.1. The summed E-state index contributed by atoms with van der Waals surface area (Å²) in [5.41, 5.74) is 4.25. The topological polar surface area (TPSA) is 66.9 Å². The van der Waals surface area contributed by atoms with Gasteiger partial charge in [-0.25, -0.2) is 9.97 Å². The van der Waals surface area contributed by atoms with E-state index in [0.717, 1.165) is 18.5 Å². The van der Waals surface area contributed by atoms with Gasteiger partial charge in [0.15, 0.2) is 0 Å². The molecule has 0 spiro atoms. The fourth-order valence-electron chi connectivity index (χ4n) is 3.26. The van der Waals surface area contributed by atoms with Crippen LogP contribution in [0.2, 0.25) is 0 Å². The van der Waals surface area contributed by atoms with E-state index in [1.807, 2.05) is 12.1 Å². The van der Waals surface area contributed by atoms with Gasteiger partial charge >= 0.3 is 0 Å². The molecule has 1 aliphatic carbocycles. The SMILES string of the molecule is CC(C)(C)c1ccc(Nc2ncc(C(=O)NCCC3=CCCCC3)cn2)cc1. The van der Waals surface area contributed by atoms with Gasteiger partial charge < -0.3 is 10.6 Å². The highest BCUT2D eigenvalue weighted by Gasteiger charge is 2.13. The molecule has 0 bridgehead atoms. The van der Waals surface area contributed by atoms with Crippen molar-refractivity contribution in [3.63, 3.8) is 0 Å². The molecule has 2 N–H and O–H groups in total. The largest absolute Gasteiger partial charge is 0.352 e. The Bertz CT molecular complexity index is 817. The molecule has 0 fully saturated rings. The Kier molecular flexibility index (Phi) is 6.45. The van der Waals surface area contributed by atoms with Gasteiger partial charge in [-0.15, -0.1) is 0 Å². The molecule has 0 saturated heterocycles. The second-order valence-electron chi connectivity index (χ2n) is 8.36. The van der Waals surface area contributed by atoms with Gasteiger partial charge in [0.05, 0.1) is 5.56 Å². The first-order valence-corrected chi connectivity index (χ1v) is 10.1. The molecule has 0 aliphatic heterocycles. The highest BCUT2D eigenvalue weighted by Crippen LogP contribution is 2.24. The van der Waals surface area contributed by atoms with Gasteiger partial charge in [0.1, 0.15) is 0 Å². The predicted molar refractivity (Wildman–Crippen MR) is 114 cm³/mol. The van der Waals surface area contributed by atoms with Crippen LogP contribution in [0.1, 0.15) is 68.8 Å². The highest BCUT2D eigenvalue weighted by molar-refractivity contribution is 5.93. The van der Waals surface area contributed by atoms with Crippen molar-refractivity contribution in [1.29, 1.82) is 0 Å². The molecule has 1 aromatic carbocycles. The van der Waals surface area contributed by atoms with Crippen molar-refractivity contribution < 1.29 is 4.79 Å². The summed E-state index contributed by atoms with van der Waals surface area (Å²) in [6.07, 6.45) is 11.3. The maximum atomic E-state index is 12.3. The van der Waals surface area contributed by atoms with Gasteiger partial charge in [0.2, 0.25) is 5.95 Å². The van der Waals surface area contributed by atoms with Gasteiger partial charge in [-0.2, -0.15) is 0 Å². The van der Waals surface area contributed by atoms with Crippen LogP contribution in [0, 0.1) is 0 Å². The lowest BCUT2D eigenvalue weighted by molar-refractivity contribution is 0.0953. The Hall–Kier alpha value is -2.69. The zero-order valence-corrected chi connectivity index (χ0v) is 17.1. The number of nitrogens with zero attached hydrogens (tertiary/aromatic N) is 2. The summed E-state index contributed by atoms with van der Waals surface area (Å²) in [5, 5.41) is 6.13. The molecule has 1 heterocycles. The summed E-state index contributed by atoms with van der Waals surface area (Å²) in [4.78, 5) is 20.8. The predicted octanol–water partition coefficient (Wildman–Crippen LogP) is 5.14. The number of benzene rings is 1. The van der Waals surface area contributed by atoms with Crippen molar-refractivity contribution in [2.75, 3.05) is 11.9 Å². The van der Waals surface area contributed by atoms with Gasteiger partial charge in [-0.1, -0.05) is 44.6 Å². The molecular formula is C23H30N4O. The minimum atomic E-state index is -0.127. The number of hydrogen-bond acceptors (Lipinski definition) is 4. The summed E-state index contributed by atoms with van der Waals surface area (Å²) in [7, 11) is 0. The lowest BCUT2D eigenvalue weighted by Crippen LogP contribution is -2.25. The summed E-state index contributed by atoms with van der Waals surface area (Å²) < 4.78 is 0. The molecule has 5 heteroatoms. The molecule has 0 radical (unpaired) electrons. The van der Waals surface area contributed by atoms with Crippen molar-refractivity contribution >= 4 is 17.5 Å². The molecule has 148 valence electrons. The zero-order valence-electron chi connectivity index (χ0n) is 17.1. The standard InChI is InChI=1S/C23H30N4O/c1-23(2,3)19-9-11-20(12-10-19)27-22-25-15-18(16-26-22)21(28)24-14-13-17-7-5-4-6-8-17/h7,9-12,15-16H,4-6,8,13-14H2,1-3H3,(H,24,28)(H,25,26,27). The second-order valence-corrected chi connectivity index (χ2v) is 8.36. The van der Waals surface area contributed by atoms with Crippen LogP contribution in [0.4, 0.5) is 11.6 Å². The van der Waals surface area contributed by atoms with Crippen LogP contribution in [0.25, 0.3) is 0 Å². The first-order valence-electron chi connectivity index (χ1n) is 10.1. The number of hydrogen-bond donors (Lipinski definition) is 2. The van der Waals surface area contributed by atoms with Crippen molar-refractivity contribution in [2.45, 2.75) is 58.3 Å². The van der Waals surface area contributed by atoms with E-state index < -0.39 is 0 Å². The van der Waals surface area contributed by atoms with E-state index in [1.165, 1.54) is 30.4 Å². The van der Waals surface area contributed by atoms with Gasteiger partial charge in [0, 0.05) is 24.6 Å². The van der Waals surface area contributed by atoms with Crippen LogP contribution < -0.4 is 10.6 Å². The highest BCUT2D eigenvalue weighted by atomic mass is 16.1. The summed E-state index contributed by atoms with van der Waals surface area (Å²) in [5.74, 6) is 0.352. The van der Waals surface area contributed by atoms with Crippen molar-refractivity contribution in [3.05, 3.63) is 59.4 Å².